The summed E-state index contributed by atoms with van der Waals surface area (Å²) in [5.74, 6) is -3.27. The number of carbonyl (C=O) groups is 1. The normalized spacial score (nSPS) is 22.8. The fourth-order valence-corrected chi connectivity index (χ4v) is 9.34. The Morgan fingerprint density at radius 2 is 1.52 bits per heavy atom. The zero-order chi connectivity index (χ0) is 40.0. The van der Waals surface area contributed by atoms with Gasteiger partial charge in [-0.2, -0.15) is 13.2 Å². The molecule has 1 saturated carbocycles. The highest BCUT2D eigenvalue weighted by Crippen LogP contribution is 2.52. The highest BCUT2D eigenvalue weighted by atomic mass is 19.4. The van der Waals surface area contributed by atoms with Gasteiger partial charge < -0.3 is 19.6 Å². The third kappa shape index (κ3) is 8.50. The van der Waals surface area contributed by atoms with E-state index in [-0.39, 0.29) is 60.0 Å². The van der Waals surface area contributed by atoms with Gasteiger partial charge in [0.25, 0.3) is 0 Å². The Kier molecular flexibility index (Phi) is 11.3. The number of rotatable bonds is 8. The maximum Gasteiger partial charge on any atom is 0.416 e. The smallest absolute Gasteiger partial charge is 0.416 e. The van der Waals surface area contributed by atoms with E-state index in [4.69, 9.17) is 9.72 Å². The second-order valence-corrected chi connectivity index (χ2v) is 16.9. The highest BCUT2D eigenvalue weighted by Gasteiger charge is 2.44. The molecule has 0 bridgehead atoms. The van der Waals surface area contributed by atoms with E-state index in [2.05, 4.69) is 19.8 Å². The molecule has 14 heteroatoms. The summed E-state index contributed by atoms with van der Waals surface area (Å²) in [6, 6.07) is 4.00. The van der Waals surface area contributed by atoms with Gasteiger partial charge in [-0.05, 0) is 92.9 Å². The van der Waals surface area contributed by atoms with Gasteiger partial charge in [-0.1, -0.05) is 26.0 Å². The minimum absolute atomic E-state index is 0.0186. The molecule has 0 amide bonds. The predicted molar refractivity (Wildman–Crippen MR) is 200 cm³/mol. The van der Waals surface area contributed by atoms with Crippen molar-refractivity contribution in [2.24, 2.45) is 11.3 Å². The Hall–Kier alpha value is -3.94. The molecule has 0 spiro atoms. The first-order valence-corrected chi connectivity index (χ1v) is 20.0. The van der Waals surface area contributed by atoms with E-state index in [9.17, 15) is 31.9 Å². The fourth-order valence-electron chi connectivity index (χ4n) is 9.34. The molecule has 1 N–H and O–H groups in total. The number of hydrogen-bond acceptors (Lipinski definition) is 8. The lowest BCUT2D eigenvalue weighted by atomic mass is 9.68. The van der Waals surface area contributed by atoms with Gasteiger partial charge in [0.2, 0.25) is 11.9 Å². The van der Waals surface area contributed by atoms with E-state index in [0.29, 0.717) is 99.8 Å². The first kappa shape index (κ1) is 40.3. The molecule has 2 saturated heterocycles. The summed E-state index contributed by atoms with van der Waals surface area (Å²) >= 11 is 0. The minimum atomic E-state index is -4.60. The van der Waals surface area contributed by atoms with Crippen LogP contribution in [-0.4, -0.2) is 64.7 Å². The molecule has 4 aliphatic rings. The van der Waals surface area contributed by atoms with Gasteiger partial charge in [0.15, 0.2) is 6.17 Å². The summed E-state index contributed by atoms with van der Waals surface area (Å²) in [6.45, 7) is 8.67. The number of benzene rings is 1. The van der Waals surface area contributed by atoms with Crippen molar-refractivity contribution in [3.8, 4) is 0 Å². The van der Waals surface area contributed by atoms with Gasteiger partial charge in [-0.15, -0.1) is 0 Å². The van der Waals surface area contributed by atoms with Crippen LogP contribution in [0.3, 0.4) is 0 Å². The summed E-state index contributed by atoms with van der Waals surface area (Å²) in [7, 11) is 0. The molecule has 2 aliphatic carbocycles. The molecular formula is C42H51F6N5O3. The van der Waals surface area contributed by atoms with Crippen LogP contribution in [0.1, 0.15) is 142 Å². The van der Waals surface area contributed by atoms with Crippen molar-refractivity contribution < 1.29 is 41.0 Å². The molecule has 8 nitrogen and oxygen atoms in total. The minimum Gasteiger partial charge on any atom is -0.466 e. The Balaban J connectivity index is 1.18. The zero-order valence-corrected chi connectivity index (χ0v) is 32.2. The number of piperidine rings is 2. The van der Waals surface area contributed by atoms with Crippen molar-refractivity contribution in [3.05, 3.63) is 75.9 Å². The molecule has 1 aromatic carbocycles. The van der Waals surface area contributed by atoms with Gasteiger partial charge >= 0.3 is 12.1 Å². The first-order valence-electron chi connectivity index (χ1n) is 20.0. The van der Waals surface area contributed by atoms with Crippen molar-refractivity contribution in [3.63, 3.8) is 0 Å². The molecule has 7 rings (SSSR count). The van der Waals surface area contributed by atoms with E-state index < -0.39 is 35.9 Å². The van der Waals surface area contributed by atoms with Crippen LogP contribution < -0.4 is 9.80 Å². The van der Waals surface area contributed by atoms with Crippen LogP contribution in [0.25, 0.3) is 0 Å². The number of carbonyl (C=O) groups excluding carboxylic acids is 1. The van der Waals surface area contributed by atoms with Gasteiger partial charge in [0, 0.05) is 61.8 Å². The molecular weight excluding hydrogens is 736 g/mol. The van der Waals surface area contributed by atoms with E-state index in [1.165, 1.54) is 0 Å². The molecule has 2 atom stereocenters. The zero-order valence-electron chi connectivity index (χ0n) is 32.2. The quantitative estimate of drug-likeness (QED) is 0.179. The molecule has 4 heterocycles. The SMILES string of the molecule is CCOC(=O)C1CCN(c2cnc(N3CCC(c4nc5c(c(C6CCC(F)(F)CC6)c4C(F)c4ccc(C(F)(F)F)cc4)[C@@H](O)CC(C)(C)C5)CC3)nc2)CC1. The molecule has 2 aliphatic heterocycles. The number of anilines is 2. The van der Waals surface area contributed by atoms with Crippen molar-refractivity contribution in [2.75, 3.05) is 42.6 Å². The summed E-state index contributed by atoms with van der Waals surface area (Å²) < 4.78 is 92.1. The largest absolute Gasteiger partial charge is 0.466 e. The van der Waals surface area contributed by atoms with Gasteiger partial charge in [-0.25, -0.2) is 23.1 Å². The number of fused-ring (bicyclic) bond motifs is 1. The van der Waals surface area contributed by atoms with Crippen molar-refractivity contribution in [1.29, 1.82) is 0 Å². The maximum atomic E-state index is 17.3. The van der Waals surface area contributed by atoms with Crippen LogP contribution in [0.4, 0.5) is 38.0 Å². The monoisotopic (exact) mass is 787 g/mol. The number of pyridine rings is 1. The van der Waals surface area contributed by atoms with E-state index in [1.807, 2.05) is 13.8 Å². The molecule has 1 unspecified atom stereocenters. The van der Waals surface area contributed by atoms with Crippen LogP contribution in [-0.2, 0) is 22.1 Å². The average molecular weight is 788 g/mol. The van der Waals surface area contributed by atoms with Crippen LogP contribution in [0.15, 0.2) is 36.7 Å². The standard InChI is InChI=1S/C42H51F6N5O3/c1-4-56-38(55)28-13-17-52(18-14-28)30-23-49-39(50-24-30)53-19-11-27(12-20-53)37-35(36(43)26-5-7-29(8-6-26)42(46,47)48)33(25-9-15-41(44,45)16-10-25)34-31(51-37)21-40(2,3)22-32(34)54/h5-8,23-25,27-28,32,36,54H,4,9-22H2,1-3H3/t32-,36?/m0/s1. The number of aliphatic hydroxyl groups is 1. The number of alkyl halides is 6. The van der Waals surface area contributed by atoms with Gasteiger partial charge in [-0.3, -0.25) is 9.78 Å². The number of aromatic nitrogens is 3. The van der Waals surface area contributed by atoms with Crippen molar-refractivity contribution >= 4 is 17.6 Å². The molecule has 56 heavy (non-hydrogen) atoms. The molecule has 3 aromatic rings. The number of aliphatic hydroxyl groups excluding tert-OH is 1. The highest BCUT2D eigenvalue weighted by molar-refractivity contribution is 5.73. The summed E-state index contributed by atoms with van der Waals surface area (Å²) in [4.78, 5) is 30.9. The van der Waals surface area contributed by atoms with Gasteiger partial charge in [0.05, 0.1) is 48.0 Å². The maximum absolute atomic E-state index is 17.3. The fraction of sp³-hybridized carbons (Fsp3) is 0.619. The van der Waals surface area contributed by atoms with E-state index in [1.54, 1.807) is 19.3 Å². The molecule has 304 valence electrons. The summed E-state index contributed by atoms with van der Waals surface area (Å²) in [5.41, 5.74) is 2.04. The Morgan fingerprint density at radius 3 is 2.11 bits per heavy atom. The van der Waals surface area contributed by atoms with E-state index >= 15 is 4.39 Å². The number of ether oxygens (including phenoxy) is 1. The second kappa shape index (κ2) is 15.8. The third-order valence-corrected chi connectivity index (χ3v) is 12.3. The summed E-state index contributed by atoms with van der Waals surface area (Å²) in [5, 5.41) is 11.7. The number of nitrogens with zero attached hydrogens (tertiary/aromatic N) is 5. The molecule has 2 aromatic heterocycles. The lowest BCUT2D eigenvalue weighted by Gasteiger charge is -2.41. The van der Waals surface area contributed by atoms with Crippen molar-refractivity contribution in [1.82, 2.24) is 15.0 Å². The Bertz CT molecular complexity index is 1850. The first-order chi connectivity index (χ1) is 26.5. The van der Waals surface area contributed by atoms with Crippen LogP contribution >= 0.6 is 0 Å². The third-order valence-electron chi connectivity index (χ3n) is 12.3. The number of esters is 1. The Morgan fingerprint density at radius 1 is 0.911 bits per heavy atom. The lowest BCUT2D eigenvalue weighted by Crippen LogP contribution is -2.37. The topological polar surface area (TPSA) is 91.7 Å². The molecule has 0 radical (unpaired) electrons. The number of halogens is 6. The Labute approximate surface area is 324 Å². The average Bonchev–Trinajstić information content (AvgIpc) is 3.16. The van der Waals surface area contributed by atoms with Crippen LogP contribution in [0.2, 0.25) is 0 Å². The molecule has 3 fully saturated rings. The van der Waals surface area contributed by atoms with Crippen LogP contribution in [0, 0.1) is 11.3 Å². The van der Waals surface area contributed by atoms with Crippen LogP contribution in [0.5, 0.6) is 0 Å². The van der Waals surface area contributed by atoms with E-state index in [0.717, 1.165) is 30.0 Å². The second-order valence-electron chi connectivity index (χ2n) is 16.9. The predicted octanol–water partition coefficient (Wildman–Crippen LogP) is 9.41. The lowest BCUT2D eigenvalue weighted by molar-refractivity contribution is -0.148. The summed E-state index contributed by atoms with van der Waals surface area (Å²) in [6.07, 6.45) is -1.06. The number of hydrogen-bond donors (Lipinski definition) is 1. The van der Waals surface area contributed by atoms with Crippen molar-refractivity contribution in [2.45, 2.75) is 121 Å². The van der Waals surface area contributed by atoms with Gasteiger partial charge in [0.1, 0.15) is 0 Å².